The van der Waals surface area contributed by atoms with Gasteiger partial charge in [-0.25, -0.2) is 0 Å². The van der Waals surface area contributed by atoms with Gasteiger partial charge in [-0.2, -0.15) is 0 Å². The Hall–Kier alpha value is -2.91. The average molecular weight is 400 g/mol. The van der Waals surface area contributed by atoms with Crippen molar-refractivity contribution in [2.45, 2.75) is 26.1 Å². The van der Waals surface area contributed by atoms with Crippen LogP contribution in [0.3, 0.4) is 0 Å². The van der Waals surface area contributed by atoms with Crippen LogP contribution >= 0.6 is 0 Å². The summed E-state index contributed by atoms with van der Waals surface area (Å²) in [7, 11) is -1.92. The summed E-state index contributed by atoms with van der Waals surface area (Å²) in [6, 6.07) is 30.1. The van der Waals surface area contributed by atoms with E-state index in [4.69, 9.17) is 0 Å². The Kier molecular flexibility index (Phi) is 6.50. The van der Waals surface area contributed by atoms with Crippen LogP contribution in [0.4, 0.5) is 0 Å². The normalized spacial score (nSPS) is 13.3. The van der Waals surface area contributed by atoms with Crippen molar-refractivity contribution in [3.05, 3.63) is 114 Å². The highest BCUT2D eigenvalue weighted by Gasteiger charge is 2.34. The van der Waals surface area contributed by atoms with Gasteiger partial charge in [-0.05, 0) is 23.6 Å². The summed E-state index contributed by atoms with van der Waals surface area (Å²) < 4.78 is 0. The summed E-state index contributed by atoms with van der Waals surface area (Å²) in [5.41, 5.74) is 1.77. The van der Waals surface area contributed by atoms with Crippen molar-refractivity contribution >= 4 is 19.2 Å². The third kappa shape index (κ3) is 4.74. The predicted molar refractivity (Wildman–Crippen MR) is 125 cm³/mol. The molecule has 0 fully saturated rings. The monoisotopic (exact) mass is 399 g/mol. The molecular weight excluding hydrogens is 370 g/mol. The summed E-state index contributed by atoms with van der Waals surface area (Å²) in [4.78, 5) is 12.9. The highest BCUT2D eigenvalue weighted by Crippen LogP contribution is 2.32. The molecule has 3 aromatic rings. The van der Waals surface area contributed by atoms with E-state index < -0.39 is 8.07 Å². The number of carbonyl (C=O) groups is 1. The molecule has 1 amide bonds. The number of carbonyl (C=O) groups excluding carboxylic acids is 1. The highest BCUT2D eigenvalue weighted by atomic mass is 28.3. The van der Waals surface area contributed by atoms with E-state index in [1.54, 1.807) is 0 Å². The Labute approximate surface area is 175 Å². The zero-order valence-electron chi connectivity index (χ0n) is 17.4. The van der Waals surface area contributed by atoms with Gasteiger partial charge in [0.2, 0.25) is 0 Å². The first-order valence-electron chi connectivity index (χ1n) is 10.1. The Morgan fingerprint density at radius 3 is 1.86 bits per heavy atom. The van der Waals surface area contributed by atoms with Gasteiger partial charge in [-0.3, -0.25) is 4.79 Å². The lowest BCUT2D eigenvalue weighted by atomic mass is 9.94. The number of hydrogen-bond acceptors (Lipinski definition) is 1. The van der Waals surface area contributed by atoms with Gasteiger partial charge in [0, 0.05) is 5.56 Å². The molecule has 0 aliphatic heterocycles. The molecule has 0 unspecified atom stereocenters. The van der Waals surface area contributed by atoms with Gasteiger partial charge in [0.25, 0.3) is 5.91 Å². The fourth-order valence-electron chi connectivity index (χ4n) is 3.78. The summed E-state index contributed by atoms with van der Waals surface area (Å²) in [6.07, 6.45) is 0. The Morgan fingerprint density at radius 2 is 1.31 bits per heavy atom. The molecule has 3 aromatic carbocycles. The van der Waals surface area contributed by atoms with Crippen molar-refractivity contribution in [2.24, 2.45) is 5.92 Å². The molecule has 0 spiro atoms. The van der Waals surface area contributed by atoms with Crippen molar-refractivity contribution in [1.29, 1.82) is 0 Å². The summed E-state index contributed by atoms with van der Waals surface area (Å²) >= 11 is 0. The minimum absolute atomic E-state index is 0.0571. The van der Waals surface area contributed by atoms with Crippen LogP contribution in [0.5, 0.6) is 0 Å². The fourth-order valence-corrected chi connectivity index (χ4v) is 6.48. The van der Waals surface area contributed by atoms with Crippen LogP contribution in [-0.4, -0.2) is 14.0 Å². The lowest BCUT2D eigenvalue weighted by Gasteiger charge is -2.35. The number of nitrogens with one attached hydrogen (secondary N) is 1. The van der Waals surface area contributed by atoms with Gasteiger partial charge in [0.05, 0.1) is 6.04 Å². The Bertz CT molecular complexity index is 952. The molecule has 3 rings (SSSR count). The van der Waals surface area contributed by atoms with Crippen LogP contribution in [0.25, 0.3) is 0 Å². The number of amides is 1. The molecule has 2 atom stereocenters. The maximum atomic E-state index is 12.9. The van der Waals surface area contributed by atoms with Crippen molar-refractivity contribution < 1.29 is 4.79 Å². The fraction of sp³-hybridized carbons (Fsp3) is 0.192. The third-order valence-corrected chi connectivity index (χ3v) is 9.67. The van der Waals surface area contributed by atoms with Gasteiger partial charge < -0.3 is 5.32 Å². The van der Waals surface area contributed by atoms with Crippen LogP contribution in [0.15, 0.2) is 103 Å². The van der Waals surface area contributed by atoms with Crippen LogP contribution in [-0.2, 0) is 0 Å². The van der Waals surface area contributed by atoms with Crippen LogP contribution in [0.2, 0.25) is 13.1 Å². The van der Waals surface area contributed by atoms with Crippen LogP contribution in [0, 0.1) is 5.92 Å². The zero-order valence-corrected chi connectivity index (χ0v) is 18.4. The molecule has 148 valence electrons. The van der Waals surface area contributed by atoms with E-state index in [0.29, 0.717) is 5.56 Å². The van der Waals surface area contributed by atoms with Crippen LogP contribution < -0.4 is 10.5 Å². The minimum atomic E-state index is -1.92. The van der Waals surface area contributed by atoms with E-state index in [1.165, 1.54) is 10.4 Å². The summed E-state index contributed by atoms with van der Waals surface area (Å²) in [5.74, 6) is 0.0465. The summed E-state index contributed by atoms with van der Waals surface area (Å²) in [5, 5.41) is 5.86. The maximum absolute atomic E-state index is 12.9. The quantitative estimate of drug-likeness (QED) is 0.522. The molecule has 0 heterocycles. The Morgan fingerprint density at radius 1 is 0.828 bits per heavy atom. The van der Waals surface area contributed by atoms with Gasteiger partial charge in [-0.1, -0.05) is 109 Å². The topological polar surface area (TPSA) is 29.1 Å². The number of rotatable bonds is 7. The maximum Gasteiger partial charge on any atom is 0.251 e. The van der Waals surface area contributed by atoms with Gasteiger partial charge >= 0.3 is 0 Å². The first-order chi connectivity index (χ1) is 13.9. The molecule has 2 nitrogen and oxygen atoms in total. The number of hydrogen-bond donors (Lipinski definition) is 1. The van der Waals surface area contributed by atoms with E-state index in [2.05, 4.69) is 68.3 Å². The van der Waals surface area contributed by atoms with Crippen molar-refractivity contribution in [3.8, 4) is 0 Å². The standard InChI is InChI=1S/C26H29NOSi/c1-20(21(2)29(3,4)24-18-12-7-13-19-24)25(22-14-8-5-9-15-22)27-26(28)23-16-10-6-11-17-23/h5-20,25H,2H2,1,3-4H3,(H,27,28)/t20-,25-/m0/s1. The number of benzene rings is 3. The van der Waals surface area contributed by atoms with E-state index in [1.807, 2.05) is 54.6 Å². The van der Waals surface area contributed by atoms with Gasteiger partial charge in [-0.15, -0.1) is 6.58 Å². The lowest BCUT2D eigenvalue weighted by molar-refractivity contribution is 0.0928. The molecule has 0 aromatic heterocycles. The second-order valence-electron chi connectivity index (χ2n) is 8.03. The van der Waals surface area contributed by atoms with Gasteiger partial charge in [0.1, 0.15) is 8.07 Å². The first kappa shape index (κ1) is 20.8. The minimum Gasteiger partial charge on any atom is -0.345 e. The molecule has 0 radical (unpaired) electrons. The second kappa shape index (κ2) is 9.06. The van der Waals surface area contributed by atoms with Gasteiger partial charge in [0.15, 0.2) is 0 Å². The van der Waals surface area contributed by atoms with Crippen molar-refractivity contribution in [3.63, 3.8) is 0 Å². The molecule has 29 heavy (non-hydrogen) atoms. The molecule has 0 aliphatic rings. The zero-order chi connectivity index (χ0) is 20.9. The molecule has 0 saturated heterocycles. The molecule has 0 aliphatic carbocycles. The average Bonchev–Trinajstić information content (AvgIpc) is 2.78. The SMILES string of the molecule is C=C([C@H](C)[C@H](NC(=O)c1ccccc1)c1ccccc1)[Si](C)(C)c1ccccc1. The molecule has 1 N–H and O–H groups in total. The van der Waals surface area contributed by atoms with E-state index in [-0.39, 0.29) is 17.9 Å². The molecular formula is C26H29NOSi. The highest BCUT2D eigenvalue weighted by molar-refractivity contribution is 6.95. The first-order valence-corrected chi connectivity index (χ1v) is 13.1. The Balaban J connectivity index is 1.91. The largest absolute Gasteiger partial charge is 0.345 e. The predicted octanol–water partition coefficient (Wildman–Crippen LogP) is 5.50. The van der Waals surface area contributed by atoms with E-state index in [9.17, 15) is 4.79 Å². The molecule has 0 saturated carbocycles. The van der Waals surface area contributed by atoms with E-state index in [0.717, 1.165) is 5.56 Å². The third-order valence-electron chi connectivity index (χ3n) is 5.83. The van der Waals surface area contributed by atoms with Crippen LogP contribution in [0.1, 0.15) is 28.9 Å². The smallest absolute Gasteiger partial charge is 0.251 e. The lowest BCUT2D eigenvalue weighted by Crippen LogP contribution is -2.47. The summed E-state index contributed by atoms with van der Waals surface area (Å²) in [6.45, 7) is 11.4. The molecule has 0 bridgehead atoms. The molecule has 3 heteroatoms. The second-order valence-corrected chi connectivity index (χ2v) is 12.5. The van der Waals surface area contributed by atoms with E-state index >= 15 is 0 Å². The van der Waals surface area contributed by atoms with Crippen molar-refractivity contribution in [2.75, 3.05) is 0 Å². The van der Waals surface area contributed by atoms with Crippen molar-refractivity contribution in [1.82, 2.24) is 5.32 Å².